The highest BCUT2D eigenvalue weighted by atomic mass is 19.3. The van der Waals surface area contributed by atoms with Gasteiger partial charge in [-0.15, -0.1) is 0 Å². The van der Waals surface area contributed by atoms with E-state index in [2.05, 4.69) is 16.5 Å². The molecule has 0 atom stereocenters. The summed E-state index contributed by atoms with van der Waals surface area (Å²) in [5.74, 6) is -4.18. The van der Waals surface area contributed by atoms with E-state index in [0.717, 1.165) is 0 Å². The summed E-state index contributed by atoms with van der Waals surface area (Å²) in [6.07, 6.45) is 7.44. The zero-order valence-electron chi connectivity index (χ0n) is 10.7. The van der Waals surface area contributed by atoms with Crippen molar-refractivity contribution in [3.05, 3.63) is 41.2 Å². The first kappa shape index (κ1) is 13.4. The van der Waals surface area contributed by atoms with Crippen LogP contribution in [-0.4, -0.2) is 15.1 Å². The van der Waals surface area contributed by atoms with Crippen LogP contribution in [0.2, 0.25) is 0 Å². The van der Waals surface area contributed by atoms with Gasteiger partial charge in [-0.2, -0.15) is 8.78 Å². The average molecular weight is 264 g/mol. The van der Waals surface area contributed by atoms with Gasteiger partial charge in [0.15, 0.2) is 5.69 Å². The fourth-order valence-corrected chi connectivity index (χ4v) is 1.79. The van der Waals surface area contributed by atoms with Crippen LogP contribution in [0.1, 0.15) is 19.5 Å². The number of fused-ring (bicyclic) bond motifs is 1. The van der Waals surface area contributed by atoms with Crippen molar-refractivity contribution in [3.63, 3.8) is 0 Å². The van der Waals surface area contributed by atoms with E-state index >= 15 is 0 Å². The topological polar surface area (TPSA) is 46.0 Å². The molecule has 0 saturated heterocycles. The number of alkyl halides is 2. The van der Waals surface area contributed by atoms with Crippen molar-refractivity contribution >= 4 is 12.2 Å². The summed E-state index contributed by atoms with van der Waals surface area (Å²) in [4.78, 5) is 7.63. The fourth-order valence-electron chi connectivity index (χ4n) is 1.79. The first-order chi connectivity index (χ1) is 8.75. The van der Waals surface area contributed by atoms with E-state index < -0.39 is 17.5 Å². The molecule has 0 unspecified atom stereocenters. The maximum atomic E-state index is 13.5. The lowest BCUT2D eigenvalue weighted by Gasteiger charge is -2.13. The molecule has 0 bridgehead atoms. The van der Waals surface area contributed by atoms with Crippen LogP contribution in [0, 0.1) is 5.41 Å². The van der Waals surface area contributed by atoms with Gasteiger partial charge in [0, 0.05) is 5.41 Å². The molecule has 0 aromatic carbocycles. The Hall–Kier alpha value is -2.04. The summed E-state index contributed by atoms with van der Waals surface area (Å²) in [6, 6.07) is 0. The third-order valence-electron chi connectivity index (χ3n) is 2.79. The van der Waals surface area contributed by atoms with E-state index in [4.69, 9.17) is 0 Å². The van der Waals surface area contributed by atoms with Crippen LogP contribution >= 0.6 is 0 Å². The van der Waals surface area contributed by atoms with E-state index in [1.54, 1.807) is 18.2 Å². The van der Waals surface area contributed by atoms with Crippen LogP contribution < -0.4 is 10.7 Å². The maximum absolute atomic E-state index is 13.5. The number of nitrogens with zero attached hydrogens (tertiary/aromatic N) is 2. The number of allylic oxidation sites excluding steroid dienone is 3. The highest BCUT2D eigenvalue weighted by Crippen LogP contribution is 2.31. The number of aromatic hydroxyl groups is 1. The van der Waals surface area contributed by atoms with Gasteiger partial charge in [0.25, 0.3) is 0 Å². The van der Waals surface area contributed by atoms with Crippen LogP contribution in [0.4, 0.5) is 8.78 Å². The average Bonchev–Trinajstić information content (AvgIpc) is 2.44. The number of aromatic nitrogens is 2. The highest BCUT2D eigenvalue weighted by molar-refractivity contribution is 5.46. The molecule has 0 fully saturated rings. The molecule has 1 heterocycles. The molecule has 5 heteroatoms. The van der Waals surface area contributed by atoms with E-state index in [9.17, 15) is 13.9 Å². The van der Waals surface area contributed by atoms with Gasteiger partial charge in [0.2, 0.25) is 5.88 Å². The van der Waals surface area contributed by atoms with Crippen molar-refractivity contribution < 1.29 is 13.9 Å². The largest absolute Gasteiger partial charge is 0.492 e. The number of hydrogen-bond acceptors (Lipinski definition) is 3. The Balaban J connectivity index is 2.77. The fraction of sp³-hybridized carbons (Fsp3) is 0.286. The number of rotatable bonds is 2. The van der Waals surface area contributed by atoms with Crippen LogP contribution in [0.15, 0.2) is 24.8 Å². The molecule has 1 N–H and O–H groups in total. The Morgan fingerprint density at radius 3 is 2.63 bits per heavy atom. The lowest BCUT2D eigenvalue weighted by Crippen LogP contribution is -2.35. The Labute approximate surface area is 109 Å². The van der Waals surface area contributed by atoms with Gasteiger partial charge < -0.3 is 5.11 Å². The molecule has 0 spiro atoms. The van der Waals surface area contributed by atoms with E-state index in [0.29, 0.717) is 16.8 Å². The molecule has 0 aliphatic heterocycles. The lowest BCUT2D eigenvalue weighted by molar-refractivity contribution is 0.0436. The van der Waals surface area contributed by atoms with Gasteiger partial charge in [0.1, 0.15) is 0 Å². The predicted octanol–water partition coefficient (Wildman–Crippen LogP) is 1.62. The standard InChI is InChI=1S/C14H14F2N2O/c1-4-14(15,16)11-12(19)18-10-8-13(2,3)7-5-6-9(10)17-11/h4-8H,1H2,2-3H3,(H,18,19). The highest BCUT2D eigenvalue weighted by Gasteiger charge is 2.33. The monoisotopic (exact) mass is 264 g/mol. The molecule has 1 aromatic heterocycles. The van der Waals surface area contributed by atoms with Crippen molar-refractivity contribution in [1.29, 1.82) is 0 Å². The van der Waals surface area contributed by atoms with Gasteiger partial charge in [0.05, 0.1) is 10.7 Å². The maximum Gasteiger partial charge on any atom is 0.313 e. The van der Waals surface area contributed by atoms with Crippen molar-refractivity contribution in [2.75, 3.05) is 0 Å². The Kier molecular flexibility index (Phi) is 3.00. The van der Waals surface area contributed by atoms with Crippen LogP contribution in [0.25, 0.3) is 12.2 Å². The molecular weight excluding hydrogens is 250 g/mol. The molecule has 2 rings (SSSR count). The van der Waals surface area contributed by atoms with Crippen LogP contribution in [0.3, 0.4) is 0 Å². The van der Waals surface area contributed by atoms with Crippen molar-refractivity contribution in [2.24, 2.45) is 5.41 Å². The summed E-state index contributed by atoms with van der Waals surface area (Å²) in [6.45, 7) is 6.93. The van der Waals surface area contributed by atoms with Gasteiger partial charge >= 0.3 is 5.92 Å². The first-order valence-corrected chi connectivity index (χ1v) is 5.76. The second-order valence-electron chi connectivity index (χ2n) is 4.98. The minimum Gasteiger partial charge on any atom is -0.492 e. The quantitative estimate of drug-likeness (QED) is 0.826. The molecule has 100 valence electrons. The Morgan fingerprint density at radius 2 is 2.00 bits per heavy atom. The van der Waals surface area contributed by atoms with Crippen LogP contribution in [-0.2, 0) is 5.92 Å². The summed E-state index contributed by atoms with van der Waals surface area (Å²) >= 11 is 0. The Bertz CT molecular complexity index is 675. The molecular formula is C14H14F2N2O. The molecule has 1 aliphatic carbocycles. The first-order valence-electron chi connectivity index (χ1n) is 5.76. The molecule has 1 aliphatic rings. The Morgan fingerprint density at radius 1 is 1.32 bits per heavy atom. The minimum absolute atomic E-state index is 0.286. The molecule has 19 heavy (non-hydrogen) atoms. The van der Waals surface area contributed by atoms with Crippen molar-refractivity contribution in [2.45, 2.75) is 19.8 Å². The zero-order valence-corrected chi connectivity index (χ0v) is 10.7. The summed E-state index contributed by atoms with van der Waals surface area (Å²) in [5.41, 5.74) is -1.07. The van der Waals surface area contributed by atoms with Crippen molar-refractivity contribution in [1.82, 2.24) is 9.97 Å². The summed E-state index contributed by atoms with van der Waals surface area (Å²) in [7, 11) is 0. The van der Waals surface area contributed by atoms with E-state index in [1.807, 2.05) is 19.9 Å². The molecule has 3 nitrogen and oxygen atoms in total. The number of halogens is 2. The van der Waals surface area contributed by atoms with E-state index in [1.165, 1.54) is 0 Å². The number of hydrogen-bond donors (Lipinski definition) is 1. The predicted molar refractivity (Wildman–Crippen MR) is 68.9 cm³/mol. The van der Waals surface area contributed by atoms with Gasteiger partial charge in [-0.3, -0.25) is 0 Å². The van der Waals surface area contributed by atoms with Gasteiger partial charge in [-0.05, 0) is 18.2 Å². The third kappa shape index (κ3) is 2.54. The second-order valence-corrected chi connectivity index (χ2v) is 4.98. The summed E-state index contributed by atoms with van der Waals surface area (Å²) in [5, 5.41) is 10.3. The molecule has 0 radical (unpaired) electrons. The van der Waals surface area contributed by atoms with Gasteiger partial charge in [-0.1, -0.05) is 32.6 Å². The van der Waals surface area contributed by atoms with Gasteiger partial charge in [-0.25, -0.2) is 9.97 Å². The normalized spacial score (nSPS) is 16.8. The summed E-state index contributed by atoms with van der Waals surface area (Å²) < 4.78 is 27.1. The minimum atomic E-state index is -3.41. The van der Waals surface area contributed by atoms with E-state index in [-0.39, 0.29) is 5.41 Å². The third-order valence-corrected chi connectivity index (χ3v) is 2.79. The van der Waals surface area contributed by atoms with Crippen LogP contribution in [0.5, 0.6) is 5.88 Å². The molecule has 1 aromatic rings. The van der Waals surface area contributed by atoms with Crippen molar-refractivity contribution in [3.8, 4) is 5.88 Å². The molecule has 0 saturated carbocycles. The smallest absolute Gasteiger partial charge is 0.313 e. The lowest BCUT2D eigenvalue weighted by atomic mass is 9.93. The second kappa shape index (κ2) is 4.26. The SMILES string of the molecule is C=CC(F)(F)c1nc2c(nc1O)=CC(C)(C)C=CC=2. The molecule has 0 amide bonds. The zero-order chi connectivity index (χ0) is 14.3.